The van der Waals surface area contributed by atoms with Crippen LogP contribution in [0.3, 0.4) is 0 Å². The Balaban J connectivity index is 2.75. The van der Waals surface area contributed by atoms with Gasteiger partial charge < -0.3 is 13.9 Å². The van der Waals surface area contributed by atoms with Gasteiger partial charge in [-0.2, -0.15) is 0 Å². The van der Waals surface area contributed by atoms with Crippen molar-refractivity contribution in [2.24, 2.45) is 5.92 Å². The molecule has 0 radical (unpaired) electrons. The summed E-state index contributed by atoms with van der Waals surface area (Å²) in [5.74, 6) is 3.38. The Hall–Kier alpha value is -1.51. The molecule has 0 aromatic rings. The predicted molar refractivity (Wildman–Crippen MR) is 103 cm³/mol. The zero-order chi connectivity index (χ0) is 19.3. The number of epoxide rings is 1. The molecule has 140 valence electrons. The lowest BCUT2D eigenvalue weighted by atomic mass is 9.99. The fourth-order valence-electron chi connectivity index (χ4n) is 2.15. The van der Waals surface area contributed by atoms with Crippen molar-refractivity contribution in [1.82, 2.24) is 0 Å². The summed E-state index contributed by atoms with van der Waals surface area (Å²) in [6, 6.07) is 0. The van der Waals surface area contributed by atoms with Crippen LogP contribution in [0.15, 0.2) is 24.0 Å². The van der Waals surface area contributed by atoms with E-state index in [4.69, 9.17) is 15.6 Å². The van der Waals surface area contributed by atoms with E-state index in [-0.39, 0.29) is 23.2 Å². The highest BCUT2D eigenvalue weighted by Gasteiger charge is 2.41. The number of hydrogen-bond donors (Lipinski definition) is 0. The van der Waals surface area contributed by atoms with Gasteiger partial charge in [0.2, 0.25) is 8.32 Å². The van der Waals surface area contributed by atoms with Gasteiger partial charge >= 0.3 is 5.97 Å². The summed E-state index contributed by atoms with van der Waals surface area (Å²) in [5.41, 5.74) is 0. The molecule has 5 heteroatoms. The van der Waals surface area contributed by atoms with E-state index in [2.05, 4.69) is 51.4 Å². The first-order valence-corrected chi connectivity index (χ1v) is 11.7. The van der Waals surface area contributed by atoms with Gasteiger partial charge in [-0.25, -0.2) is 4.79 Å². The van der Waals surface area contributed by atoms with Gasteiger partial charge in [-0.1, -0.05) is 33.6 Å². The Kier molecular flexibility index (Phi) is 7.52. The molecule has 0 saturated carbocycles. The molecule has 0 aromatic carbocycles. The number of carbonyl (C=O) groups is 1. The van der Waals surface area contributed by atoms with Gasteiger partial charge in [0.1, 0.15) is 6.10 Å². The minimum atomic E-state index is -1.98. The van der Waals surface area contributed by atoms with E-state index in [1.807, 2.05) is 6.08 Å². The molecule has 1 saturated heterocycles. The first-order valence-electron chi connectivity index (χ1n) is 8.78. The highest BCUT2D eigenvalue weighted by atomic mass is 28.4. The van der Waals surface area contributed by atoms with Crippen LogP contribution in [-0.4, -0.2) is 33.6 Å². The van der Waals surface area contributed by atoms with Crippen molar-refractivity contribution in [3.63, 3.8) is 0 Å². The van der Waals surface area contributed by atoms with Crippen molar-refractivity contribution in [1.29, 1.82) is 0 Å². The summed E-state index contributed by atoms with van der Waals surface area (Å²) < 4.78 is 16.5. The molecule has 1 rings (SSSR count). The molecular weight excluding hydrogens is 332 g/mol. The third kappa shape index (κ3) is 6.72. The zero-order valence-electron chi connectivity index (χ0n) is 16.6. The van der Waals surface area contributed by atoms with Crippen LogP contribution in [0, 0.1) is 18.3 Å². The Morgan fingerprint density at radius 2 is 2.00 bits per heavy atom. The molecule has 0 bridgehead atoms. The number of allylic oxidation sites excluding steroid dienone is 2. The van der Waals surface area contributed by atoms with Gasteiger partial charge in [0.05, 0.1) is 19.0 Å². The van der Waals surface area contributed by atoms with Crippen LogP contribution in [0.2, 0.25) is 18.1 Å². The highest BCUT2D eigenvalue weighted by molar-refractivity contribution is 6.74. The molecule has 4 nitrogen and oxygen atoms in total. The normalized spacial score (nSPS) is 22.4. The maximum atomic E-state index is 11.4. The molecule has 1 aliphatic heterocycles. The lowest BCUT2D eigenvalue weighted by Gasteiger charge is -2.36. The van der Waals surface area contributed by atoms with E-state index in [1.165, 1.54) is 13.2 Å². The summed E-state index contributed by atoms with van der Waals surface area (Å²) in [7, 11) is -0.611. The second-order valence-corrected chi connectivity index (χ2v) is 12.8. The molecule has 25 heavy (non-hydrogen) atoms. The molecular formula is C20H32O4Si. The number of terminal acetylenes is 1. The standard InChI is InChI=1S/C20H32O4Si/c1-9-17-19(23-17)15(2)11-10-12-16(13-14-18(21)22-6)24-25(7,8)20(3,4)5/h1,12-15,17,19H,10-11H2,2-8H3/b14-13+,16-12-/t15-,17+,19+/m1/s1. The van der Waals surface area contributed by atoms with Gasteiger partial charge in [-0.3, -0.25) is 0 Å². The largest absolute Gasteiger partial charge is 0.544 e. The molecule has 3 atom stereocenters. The lowest BCUT2D eigenvalue weighted by molar-refractivity contribution is -0.134. The van der Waals surface area contributed by atoms with E-state index >= 15 is 0 Å². The van der Waals surface area contributed by atoms with Crippen molar-refractivity contribution >= 4 is 14.3 Å². The number of hydrogen-bond acceptors (Lipinski definition) is 4. The molecule has 0 amide bonds. The van der Waals surface area contributed by atoms with E-state index < -0.39 is 8.32 Å². The molecule has 0 unspecified atom stereocenters. The van der Waals surface area contributed by atoms with E-state index in [9.17, 15) is 4.79 Å². The second-order valence-electron chi connectivity index (χ2n) is 8.07. The molecule has 0 aromatic heterocycles. The monoisotopic (exact) mass is 364 g/mol. The van der Waals surface area contributed by atoms with Gasteiger partial charge in [-0.15, -0.1) is 6.42 Å². The third-order valence-corrected chi connectivity index (χ3v) is 9.34. The van der Waals surface area contributed by atoms with E-state index in [0.29, 0.717) is 5.92 Å². The molecule has 0 N–H and O–H groups in total. The van der Waals surface area contributed by atoms with Crippen LogP contribution in [0.5, 0.6) is 0 Å². The summed E-state index contributed by atoms with van der Waals surface area (Å²) in [4.78, 5) is 11.4. The zero-order valence-corrected chi connectivity index (χ0v) is 17.6. The second kappa shape index (κ2) is 8.73. The average molecular weight is 365 g/mol. The molecule has 1 fully saturated rings. The van der Waals surface area contributed by atoms with Crippen LogP contribution in [0.1, 0.15) is 40.5 Å². The van der Waals surface area contributed by atoms with Crippen LogP contribution in [0.4, 0.5) is 0 Å². The Morgan fingerprint density at radius 1 is 1.36 bits per heavy atom. The number of esters is 1. The minimum Gasteiger partial charge on any atom is -0.544 e. The Morgan fingerprint density at radius 3 is 2.48 bits per heavy atom. The van der Waals surface area contributed by atoms with Crippen molar-refractivity contribution < 1.29 is 18.7 Å². The van der Waals surface area contributed by atoms with Crippen molar-refractivity contribution in [3.05, 3.63) is 24.0 Å². The lowest BCUT2D eigenvalue weighted by Crippen LogP contribution is -2.40. The predicted octanol–water partition coefficient (Wildman–Crippen LogP) is 4.44. The molecule has 1 heterocycles. The number of methoxy groups -OCH3 is 1. The number of ether oxygens (including phenoxy) is 2. The Bertz CT molecular complexity index is 563. The van der Waals surface area contributed by atoms with Gasteiger partial charge in [-0.05, 0) is 49.0 Å². The van der Waals surface area contributed by atoms with Crippen LogP contribution in [0.25, 0.3) is 0 Å². The number of rotatable bonds is 8. The van der Waals surface area contributed by atoms with Crippen molar-refractivity contribution in [2.45, 2.75) is 70.9 Å². The van der Waals surface area contributed by atoms with E-state index in [1.54, 1.807) is 6.08 Å². The summed E-state index contributed by atoms with van der Waals surface area (Å²) in [6.07, 6.45) is 12.5. The van der Waals surface area contributed by atoms with Crippen LogP contribution >= 0.6 is 0 Å². The minimum absolute atomic E-state index is 0.0267. The number of carbonyl (C=O) groups excluding carboxylic acids is 1. The average Bonchev–Trinajstić information content (AvgIpc) is 3.30. The fraction of sp³-hybridized carbons (Fsp3) is 0.650. The quantitative estimate of drug-likeness (QED) is 0.121. The topological polar surface area (TPSA) is 48.1 Å². The fourth-order valence-corrected chi connectivity index (χ4v) is 3.20. The van der Waals surface area contributed by atoms with E-state index in [0.717, 1.165) is 18.6 Å². The van der Waals surface area contributed by atoms with Crippen molar-refractivity contribution in [3.8, 4) is 12.3 Å². The van der Waals surface area contributed by atoms with Gasteiger partial charge in [0, 0.05) is 6.08 Å². The maximum absolute atomic E-state index is 11.4. The highest BCUT2D eigenvalue weighted by Crippen LogP contribution is 2.38. The molecule has 0 aliphatic carbocycles. The van der Waals surface area contributed by atoms with Gasteiger partial charge in [0.15, 0.2) is 0 Å². The smallest absolute Gasteiger partial charge is 0.330 e. The first kappa shape index (κ1) is 21.5. The molecule has 1 aliphatic rings. The summed E-state index contributed by atoms with van der Waals surface area (Å²) >= 11 is 0. The first-order chi connectivity index (χ1) is 11.5. The summed E-state index contributed by atoms with van der Waals surface area (Å²) in [6.45, 7) is 13.1. The SMILES string of the molecule is C#C[C@@H]1O[C@H]1[C@H](C)CC/C=C(/C=C/C(=O)OC)O[Si](C)(C)C(C)(C)C. The van der Waals surface area contributed by atoms with Gasteiger partial charge in [0.25, 0.3) is 0 Å². The Labute approximate surface area is 153 Å². The third-order valence-electron chi connectivity index (χ3n) is 4.98. The van der Waals surface area contributed by atoms with Crippen LogP contribution in [-0.2, 0) is 18.7 Å². The molecule has 0 spiro atoms. The summed E-state index contributed by atoms with van der Waals surface area (Å²) in [5, 5.41) is 0.0837. The maximum Gasteiger partial charge on any atom is 0.330 e. The van der Waals surface area contributed by atoms with Crippen LogP contribution < -0.4 is 0 Å². The van der Waals surface area contributed by atoms with Crippen molar-refractivity contribution in [2.75, 3.05) is 7.11 Å².